The van der Waals surface area contributed by atoms with E-state index in [2.05, 4.69) is 114 Å². The van der Waals surface area contributed by atoms with Gasteiger partial charge in [0.05, 0.1) is 11.0 Å². The molecule has 0 fully saturated rings. The van der Waals surface area contributed by atoms with Crippen molar-refractivity contribution in [2.45, 2.75) is 0 Å². The molecule has 0 aliphatic heterocycles. The molecule has 0 amide bonds. The minimum Gasteiger partial charge on any atom is -0.254 e. The van der Waals surface area contributed by atoms with Crippen molar-refractivity contribution in [3.8, 4) is 67.5 Å². The number of pyridine rings is 2. The topological polar surface area (TPSA) is 64.5 Å². The average Bonchev–Trinajstić information content (AvgIpc) is 3.26. The van der Waals surface area contributed by atoms with Gasteiger partial charge in [0.15, 0.2) is 17.5 Å². The molecule has 10 rings (SSSR count). The zero-order valence-electron chi connectivity index (χ0n) is 29.1. The lowest BCUT2D eigenvalue weighted by atomic mass is 9.93. The first kappa shape index (κ1) is 31.4. The van der Waals surface area contributed by atoms with E-state index >= 15 is 0 Å². The van der Waals surface area contributed by atoms with E-state index in [-0.39, 0.29) is 0 Å². The van der Waals surface area contributed by atoms with Gasteiger partial charge in [0.25, 0.3) is 0 Å². The van der Waals surface area contributed by atoms with Crippen molar-refractivity contribution >= 4 is 32.6 Å². The molecule has 0 spiro atoms. The predicted molar refractivity (Wildman–Crippen MR) is 221 cm³/mol. The maximum atomic E-state index is 5.09. The fraction of sp³-hybridized carbons (Fsp3) is 0. The number of fused-ring (bicyclic) bond motifs is 4. The Morgan fingerprint density at radius 2 is 0.815 bits per heavy atom. The highest BCUT2D eigenvalue weighted by atomic mass is 15.0. The average molecular weight is 690 g/mol. The Balaban J connectivity index is 1.13. The molecule has 3 aromatic heterocycles. The SMILES string of the molecule is c1ccc(-c2nc(-c3ccccc3)nc(-c3cc(-c4ccc(-c5ccnc6c5ccc5cccnc56)cc4)cc(-c4ccc5ccccc5c4)c3)n2)cc1. The second-order valence-corrected chi connectivity index (χ2v) is 13.4. The van der Waals surface area contributed by atoms with Gasteiger partial charge in [-0.3, -0.25) is 9.97 Å². The molecular formula is C49H31N5. The van der Waals surface area contributed by atoms with Crippen LogP contribution in [-0.4, -0.2) is 24.9 Å². The zero-order chi connectivity index (χ0) is 35.8. The molecular weight excluding hydrogens is 659 g/mol. The van der Waals surface area contributed by atoms with E-state index in [1.54, 1.807) is 0 Å². The van der Waals surface area contributed by atoms with E-state index in [0.29, 0.717) is 17.5 Å². The van der Waals surface area contributed by atoms with Crippen LogP contribution in [-0.2, 0) is 0 Å². The number of benzene rings is 7. The molecule has 0 atom stereocenters. The molecule has 0 bridgehead atoms. The summed E-state index contributed by atoms with van der Waals surface area (Å²) >= 11 is 0. The zero-order valence-corrected chi connectivity index (χ0v) is 29.1. The van der Waals surface area contributed by atoms with Gasteiger partial charge in [-0.15, -0.1) is 0 Å². The Bertz CT molecular complexity index is 2920. The van der Waals surface area contributed by atoms with Crippen LogP contribution in [0.4, 0.5) is 0 Å². The summed E-state index contributed by atoms with van der Waals surface area (Å²) in [5.41, 5.74) is 11.2. The van der Waals surface area contributed by atoms with Gasteiger partial charge in [-0.2, -0.15) is 0 Å². The van der Waals surface area contributed by atoms with Gasteiger partial charge in [0.1, 0.15) is 0 Å². The minimum atomic E-state index is 0.618. The number of hydrogen-bond donors (Lipinski definition) is 0. The van der Waals surface area contributed by atoms with Crippen LogP contribution >= 0.6 is 0 Å². The maximum absolute atomic E-state index is 5.09. The number of hydrogen-bond acceptors (Lipinski definition) is 5. The summed E-state index contributed by atoms with van der Waals surface area (Å²) in [6.07, 6.45) is 3.70. The van der Waals surface area contributed by atoms with Gasteiger partial charge in [-0.05, 0) is 80.6 Å². The van der Waals surface area contributed by atoms with Gasteiger partial charge in [-0.1, -0.05) is 140 Å². The van der Waals surface area contributed by atoms with Crippen LogP contribution in [0.5, 0.6) is 0 Å². The summed E-state index contributed by atoms with van der Waals surface area (Å²) in [6.45, 7) is 0. The first-order valence-corrected chi connectivity index (χ1v) is 18.0. The van der Waals surface area contributed by atoms with Gasteiger partial charge in [-0.25, -0.2) is 15.0 Å². The number of rotatable bonds is 6. The summed E-state index contributed by atoms with van der Waals surface area (Å²) in [5.74, 6) is 1.88. The molecule has 0 aliphatic carbocycles. The van der Waals surface area contributed by atoms with Crippen LogP contribution in [0.3, 0.4) is 0 Å². The van der Waals surface area contributed by atoms with Crippen LogP contribution in [0.15, 0.2) is 188 Å². The van der Waals surface area contributed by atoms with E-state index in [1.165, 1.54) is 10.8 Å². The van der Waals surface area contributed by atoms with Crippen LogP contribution in [0.25, 0.3) is 100 Å². The van der Waals surface area contributed by atoms with Crippen molar-refractivity contribution in [1.29, 1.82) is 0 Å². The summed E-state index contributed by atoms with van der Waals surface area (Å²) in [6, 6.07) is 61.1. The van der Waals surface area contributed by atoms with E-state index in [1.807, 2.05) is 79.1 Å². The Labute approximate surface area is 312 Å². The molecule has 5 nitrogen and oxygen atoms in total. The van der Waals surface area contributed by atoms with Crippen LogP contribution in [0.1, 0.15) is 0 Å². The molecule has 54 heavy (non-hydrogen) atoms. The van der Waals surface area contributed by atoms with Gasteiger partial charge < -0.3 is 0 Å². The second-order valence-electron chi connectivity index (χ2n) is 13.4. The van der Waals surface area contributed by atoms with Crippen molar-refractivity contribution in [3.05, 3.63) is 188 Å². The van der Waals surface area contributed by atoms with E-state index in [0.717, 1.165) is 71.9 Å². The first-order chi connectivity index (χ1) is 26.7. The fourth-order valence-electron chi connectivity index (χ4n) is 7.24. The fourth-order valence-corrected chi connectivity index (χ4v) is 7.24. The van der Waals surface area contributed by atoms with Crippen LogP contribution in [0, 0.1) is 0 Å². The smallest absolute Gasteiger partial charge is 0.164 e. The molecule has 0 aliphatic rings. The highest BCUT2D eigenvalue weighted by molar-refractivity contribution is 6.08. The van der Waals surface area contributed by atoms with Crippen LogP contribution in [0.2, 0.25) is 0 Å². The summed E-state index contributed by atoms with van der Waals surface area (Å²) < 4.78 is 0. The van der Waals surface area contributed by atoms with Crippen molar-refractivity contribution < 1.29 is 0 Å². The third-order valence-corrected chi connectivity index (χ3v) is 9.99. The van der Waals surface area contributed by atoms with E-state index < -0.39 is 0 Å². The lowest BCUT2D eigenvalue weighted by molar-refractivity contribution is 1.07. The normalized spacial score (nSPS) is 11.3. The Morgan fingerprint density at radius 1 is 0.278 bits per heavy atom. The van der Waals surface area contributed by atoms with Crippen LogP contribution < -0.4 is 0 Å². The molecule has 252 valence electrons. The van der Waals surface area contributed by atoms with Gasteiger partial charge in [0, 0.05) is 39.9 Å². The molecule has 3 heterocycles. The Kier molecular flexibility index (Phi) is 7.73. The summed E-state index contributed by atoms with van der Waals surface area (Å²) in [5, 5.41) is 4.56. The largest absolute Gasteiger partial charge is 0.254 e. The molecule has 0 saturated heterocycles. The maximum Gasteiger partial charge on any atom is 0.164 e. The van der Waals surface area contributed by atoms with E-state index in [4.69, 9.17) is 19.9 Å². The van der Waals surface area contributed by atoms with Crippen molar-refractivity contribution in [1.82, 2.24) is 24.9 Å². The molecule has 7 aromatic carbocycles. The standard InChI is InChI=1S/C49H31N5/c1-3-11-36(12-4-1)47-52-48(37-13-5-2-6-14-37)54-49(53-47)42-30-40(29-41(31-42)39-22-19-32-10-7-8-15-38(32)28-39)33-17-20-34(21-18-33)43-25-27-51-46-44(43)24-23-35-16-9-26-50-45(35)46/h1-31H. The quantitative estimate of drug-likeness (QED) is 0.163. The monoisotopic (exact) mass is 689 g/mol. The third-order valence-electron chi connectivity index (χ3n) is 9.99. The van der Waals surface area contributed by atoms with Gasteiger partial charge >= 0.3 is 0 Å². The lowest BCUT2D eigenvalue weighted by Crippen LogP contribution is -2.00. The predicted octanol–water partition coefficient (Wildman–Crippen LogP) is 12.1. The molecule has 0 unspecified atom stereocenters. The highest BCUT2D eigenvalue weighted by Gasteiger charge is 2.16. The Morgan fingerprint density at radius 3 is 1.54 bits per heavy atom. The van der Waals surface area contributed by atoms with E-state index in [9.17, 15) is 0 Å². The summed E-state index contributed by atoms with van der Waals surface area (Å²) in [4.78, 5) is 24.5. The van der Waals surface area contributed by atoms with Gasteiger partial charge in [0.2, 0.25) is 0 Å². The molecule has 5 heteroatoms. The highest BCUT2D eigenvalue weighted by Crippen LogP contribution is 2.36. The third kappa shape index (κ3) is 5.84. The number of nitrogens with zero attached hydrogens (tertiary/aromatic N) is 5. The first-order valence-electron chi connectivity index (χ1n) is 18.0. The lowest BCUT2D eigenvalue weighted by Gasteiger charge is -2.13. The minimum absolute atomic E-state index is 0.618. The second kappa shape index (κ2) is 13.3. The number of aromatic nitrogens is 5. The molecule has 10 aromatic rings. The molecule has 0 radical (unpaired) electrons. The molecule has 0 N–H and O–H groups in total. The van der Waals surface area contributed by atoms with Crippen molar-refractivity contribution in [3.63, 3.8) is 0 Å². The van der Waals surface area contributed by atoms with Crippen molar-refractivity contribution in [2.24, 2.45) is 0 Å². The molecule has 0 saturated carbocycles. The van der Waals surface area contributed by atoms with Crippen molar-refractivity contribution in [2.75, 3.05) is 0 Å². The Hall–Kier alpha value is -7.37. The summed E-state index contributed by atoms with van der Waals surface area (Å²) in [7, 11) is 0.